The van der Waals surface area contributed by atoms with Crippen LogP contribution in [-0.4, -0.2) is 11.0 Å². The van der Waals surface area contributed by atoms with Crippen LogP contribution in [-0.2, 0) is 17.8 Å². The van der Waals surface area contributed by atoms with Crippen LogP contribution < -0.4 is 9.84 Å². The first-order valence-corrected chi connectivity index (χ1v) is 6.89. The van der Waals surface area contributed by atoms with Gasteiger partial charge in [-0.05, 0) is 18.2 Å². The molecule has 2 aromatic rings. The highest BCUT2D eigenvalue weighted by Gasteiger charge is 2.06. The number of hydrogen-bond acceptors (Lipinski definition) is 5. The van der Waals surface area contributed by atoms with Gasteiger partial charge in [-0.3, -0.25) is 0 Å². The molecule has 4 nitrogen and oxygen atoms in total. The fraction of sp³-hybridized carbons (Fsp3) is 0.167. The number of carbonyl (C=O) groups excluding carboxylic acids is 1. The zero-order chi connectivity index (χ0) is 13.8. The van der Waals surface area contributed by atoms with E-state index in [1.54, 1.807) is 23.6 Å². The van der Waals surface area contributed by atoms with Crippen molar-refractivity contribution >= 4 is 40.5 Å². The summed E-state index contributed by atoms with van der Waals surface area (Å²) in [6.45, 7) is 0.221. The average Bonchev–Trinajstić information content (AvgIpc) is 2.74. The molecule has 0 unspecified atom stereocenters. The van der Waals surface area contributed by atoms with Crippen LogP contribution in [0.2, 0.25) is 10.0 Å². The number of hydrogen-bond donors (Lipinski definition) is 0. The van der Waals surface area contributed by atoms with E-state index < -0.39 is 5.97 Å². The molecule has 0 saturated carbocycles. The molecule has 7 heteroatoms. The fourth-order valence-electron chi connectivity index (χ4n) is 1.38. The summed E-state index contributed by atoms with van der Waals surface area (Å²) in [5, 5.41) is 13.7. The van der Waals surface area contributed by atoms with Crippen LogP contribution in [0.3, 0.4) is 0 Å². The molecule has 0 aliphatic carbocycles. The summed E-state index contributed by atoms with van der Waals surface area (Å²) in [7, 11) is 0. The van der Waals surface area contributed by atoms with E-state index in [4.69, 9.17) is 27.9 Å². The molecule has 2 rings (SSSR count). The molecule has 100 valence electrons. The smallest absolute Gasteiger partial charge is 0.140 e. The average molecular weight is 317 g/mol. The quantitative estimate of drug-likeness (QED) is 0.849. The van der Waals surface area contributed by atoms with Crippen LogP contribution in [0.15, 0.2) is 23.6 Å². The molecule has 1 aromatic carbocycles. The number of nitrogens with zero attached hydrogens (tertiary/aromatic N) is 1. The lowest BCUT2D eigenvalue weighted by Crippen LogP contribution is -2.24. The predicted molar refractivity (Wildman–Crippen MR) is 71.6 cm³/mol. The molecule has 1 aromatic heterocycles. The van der Waals surface area contributed by atoms with Crippen LogP contribution in [0.1, 0.15) is 10.7 Å². The second kappa shape index (κ2) is 6.23. The van der Waals surface area contributed by atoms with E-state index in [0.717, 1.165) is 0 Å². The van der Waals surface area contributed by atoms with Crippen LogP contribution in [0.4, 0.5) is 0 Å². The first-order chi connectivity index (χ1) is 9.04. The normalized spacial score (nSPS) is 10.4. The van der Waals surface area contributed by atoms with Crippen molar-refractivity contribution in [2.45, 2.75) is 13.0 Å². The lowest BCUT2D eigenvalue weighted by Gasteiger charge is -2.06. The van der Waals surface area contributed by atoms with E-state index in [0.29, 0.717) is 26.5 Å². The Bertz CT molecular complexity index is 600. The minimum atomic E-state index is -1.15. The minimum absolute atomic E-state index is 0.196. The molecule has 0 N–H and O–H groups in total. The summed E-state index contributed by atoms with van der Waals surface area (Å²) in [5.41, 5.74) is 0.464. The Hall–Kier alpha value is -1.30. The van der Waals surface area contributed by atoms with Gasteiger partial charge in [0, 0.05) is 22.8 Å². The molecule has 0 aliphatic heterocycles. The van der Waals surface area contributed by atoms with Gasteiger partial charge in [0.25, 0.3) is 0 Å². The van der Waals surface area contributed by atoms with Crippen LogP contribution in [0.25, 0.3) is 0 Å². The number of benzene rings is 1. The Labute approximate surface area is 123 Å². The molecular formula is C12H8Cl2NO3S-. The molecule has 0 bridgehead atoms. The van der Waals surface area contributed by atoms with Crippen molar-refractivity contribution in [3.05, 3.63) is 44.3 Å². The van der Waals surface area contributed by atoms with Gasteiger partial charge in [-0.2, -0.15) is 0 Å². The summed E-state index contributed by atoms with van der Waals surface area (Å²) in [6.07, 6.45) is -0.196. The molecule has 1 heterocycles. The van der Waals surface area contributed by atoms with Crippen molar-refractivity contribution in [3.8, 4) is 5.75 Å². The van der Waals surface area contributed by atoms with E-state index in [-0.39, 0.29) is 13.0 Å². The molecule has 0 amide bonds. The Balaban J connectivity index is 1.98. The summed E-state index contributed by atoms with van der Waals surface area (Å²) in [4.78, 5) is 14.5. The molecule has 0 radical (unpaired) electrons. The Morgan fingerprint density at radius 1 is 1.42 bits per heavy atom. The summed E-state index contributed by atoms with van der Waals surface area (Å²) in [5.74, 6) is -0.652. The molecule has 0 fully saturated rings. The standard InChI is InChI=1S/C12H9Cl2NO3S/c13-7-1-2-10(9(14)3-7)18-5-11-15-8(6-19-11)4-12(16)17/h1-3,6H,4-5H2,(H,16,17)/p-1. The fourth-order valence-corrected chi connectivity index (χ4v) is 2.54. The maximum absolute atomic E-state index is 10.4. The molecule has 0 aliphatic rings. The maximum atomic E-state index is 10.4. The van der Waals surface area contributed by atoms with Crippen molar-refractivity contribution in [1.29, 1.82) is 0 Å². The number of aromatic nitrogens is 1. The maximum Gasteiger partial charge on any atom is 0.140 e. The summed E-state index contributed by atoms with van der Waals surface area (Å²) in [6, 6.07) is 4.92. The number of rotatable bonds is 5. The van der Waals surface area contributed by atoms with Gasteiger partial charge in [0.15, 0.2) is 0 Å². The first kappa shape index (κ1) is 14.1. The molecule has 0 spiro atoms. The third-order valence-corrected chi connectivity index (χ3v) is 3.57. The lowest BCUT2D eigenvalue weighted by molar-refractivity contribution is -0.304. The second-order valence-electron chi connectivity index (χ2n) is 3.64. The topological polar surface area (TPSA) is 62.2 Å². The van der Waals surface area contributed by atoms with Gasteiger partial charge >= 0.3 is 0 Å². The number of carboxylic acids is 1. The van der Waals surface area contributed by atoms with Crippen molar-refractivity contribution < 1.29 is 14.6 Å². The number of halogens is 2. The summed E-state index contributed by atoms with van der Waals surface area (Å²) >= 11 is 13.1. The third kappa shape index (κ3) is 4.09. The molecule has 0 atom stereocenters. The Morgan fingerprint density at radius 3 is 2.89 bits per heavy atom. The largest absolute Gasteiger partial charge is 0.550 e. The van der Waals surface area contributed by atoms with Crippen molar-refractivity contribution in [3.63, 3.8) is 0 Å². The number of carboxylic acid groups (broad SMARTS) is 1. The van der Waals surface area contributed by atoms with Gasteiger partial charge in [-0.25, -0.2) is 4.98 Å². The van der Waals surface area contributed by atoms with Gasteiger partial charge in [0.1, 0.15) is 17.4 Å². The molecule has 0 saturated heterocycles. The lowest BCUT2D eigenvalue weighted by atomic mass is 10.3. The van der Waals surface area contributed by atoms with Crippen LogP contribution in [0.5, 0.6) is 5.75 Å². The minimum Gasteiger partial charge on any atom is -0.550 e. The SMILES string of the molecule is O=C([O-])Cc1csc(COc2ccc(Cl)cc2Cl)n1. The predicted octanol–water partition coefficient (Wildman–Crippen LogP) is 2.32. The Morgan fingerprint density at radius 2 is 2.21 bits per heavy atom. The van der Waals surface area contributed by atoms with Crippen LogP contribution in [0, 0.1) is 0 Å². The highest BCUT2D eigenvalue weighted by atomic mass is 35.5. The van der Waals surface area contributed by atoms with Gasteiger partial charge in [0.05, 0.1) is 10.7 Å². The molecule has 19 heavy (non-hydrogen) atoms. The molecular weight excluding hydrogens is 309 g/mol. The zero-order valence-electron chi connectivity index (χ0n) is 9.56. The number of thiazole rings is 1. The summed E-state index contributed by atoms with van der Waals surface area (Å²) < 4.78 is 5.49. The van der Waals surface area contributed by atoms with E-state index in [9.17, 15) is 9.90 Å². The zero-order valence-corrected chi connectivity index (χ0v) is 11.9. The van der Waals surface area contributed by atoms with Crippen molar-refractivity contribution in [2.24, 2.45) is 0 Å². The van der Waals surface area contributed by atoms with E-state index in [1.165, 1.54) is 11.3 Å². The third-order valence-electron chi connectivity index (χ3n) is 2.17. The number of ether oxygens (including phenoxy) is 1. The van der Waals surface area contributed by atoms with Gasteiger partial charge in [-0.1, -0.05) is 23.2 Å². The second-order valence-corrected chi connectivity index (χ2v) is 5.43. The van der Waals surface area contributed by atoms with Crippen LogP contribution >= 0.6 is 34.5 Å². The van der Waals surface area contributed by atoms with Crippen molar-refractivity contribution in [1.82, 2.24) is 4.98 Å². The van der Waals surface area contributed by atoms with Crippen molar-refractivity contribution in [2.75, 3.05) is 0 Å². The monoisotopic (exact) mass is 316 g/mol. The van der Waals surface area contributed by atoms with Gasteiger partial charge in [-0.15, -0.1) is 11.3 Å². The number of aliphatic carboxylic acids is 1. The van der Waals surface area contributed by atoms with Gasteiger partial charge in [0.2, 0.25) is 0 Å². The highest BCUT2D eigenvalue weighted by Crippen LogP contribution is 2.28. The van der Waals surface area contributed by atoms with Gasteiger partial charge < -0.3 is 14.6 Å². The highest BCUT2D eigenvalue weighted by molar-refractivity contribution is 7.09. The van der Waals surface area contributed by atoms with E-state index >= 15 is 0 Å². The Kier molecular flexibility index (Phi) is 4.63. The first-order valence-electron chi connectivity index (χ1n) is 5.25. The van der Waals surface area contributed by atoms with E-state index in [1.807, 2.05) is 0 Å². The number of carbonyl (C=O) groups is 1. The van der Waals surface area contributed by atoms with E-state index in [2.05, 4.69) is 4.98 Å².